The van der Waals surface area contributed by atoms with Gasteiger partial charge in [0.25, 0.3) is 0 Å². The van der Waals surface area contributed by atoms with Gasteiger partial charge in [-0.15, -0.1) is 5.10 Å². The molecule has 2 aromatic rings. The average Bonchev–Trinajstić information content (AvgIpc) is 2.98. The predicted octanol–water partition coefficient (Wildman–Crippen LogP) is 1.90. The van der Waals surface area contributed by atoms with Gasteiger partial charge in [-0.3, -0.25) is 4.79 Å². The third-order valence-electron chi connectivity index (χ3n) is 2.92. The van der Waals surface area contributed by atoms with Crippen LogP contribution < -0.4 is 0 Å². The molecule has 1 fully saturated rings. The van der Waals surface area contributed by atoms with E-state index in [2.05, 4.69) is 10.3 Å². The van der Waals surface area contributed by atoms with Gasteiger partial charge >= 0.3 is 0 Å². The lowest BCUT2D eigenvalue weighted by Crippen LogP contribution is -1.98. The fourth-order valence-electron chi connectivity index (χ4n) is 2.02. The highest BCUT2D eigenvalue weighted by Gasteiger charge is 2.26. The van der Waals surface area contributed by atoms with Crippen molar-refractivity contribution in [1.82, 2.24) is 15.0 Å². The molecule has 16 heavy (non-hydrogen) atoms. The first-order valence-electron chi connectivity index (χ1n) is 5.58. The van der Waals surface area contributed by atoms with Crippen LogP contribution in [0.2, 0.25) is 0 Å². The van der Waals surface area contributed by atoms with Crippen molar-refractivity contribution in [3.63, 3.8) is 0 Å². The third-order valence-corrected chi connectivity index (χ3v) is 2.92. The second-order valence-corrected chi connectivity index (χ2v) is 4.43. The van der Waals surface area contributed by atoms with Crippen molar-refractivity contribution >= 4 is 16.8 Å². The van der Waals surface area contributed by atoms with Gasteiger partial charge in [0.15, 0.2) is 0 Å². The number of nitrogens with zero attached hydrogens (tertiary/aromatic N) is 3. The van der Waals surface area contributed by atoms with Gasteiger partial charge in [0.1, 0.15) is 11.3 Å². The van der Waals surface area contributed by atoms with E-state index in [0.29, 0.717) is 12.5 Å². The zero-order valence-corrected chi connectivity index (χ0v) is 9.18. The molecule has 1 saturated carbocycles. The van der Waals surface area contributed by atoms with Crippen LogP contribution in [0.1, 0.15) is 31.4 Å². The highest BCUT2D eigenvalue weighted by molar-refractivity contribution is 5.85. The number of Topliss-reactive ketones (excluding diaryl/α,β-unsaturated/α-hetero) is 1. The molecule has 0 amide bonds. The summed E-state index contributed by atoms with van der Waals surface area (Å²) < 4.78 is 1.99. The molecule has 0 bridgehead atoms. The quantitative estimate of drug-likeness (QED) is 0.785. The molecule has 0 atom stereocenters. The Morgan fingerprint density at radius 2 is 2.31 bits per heavy atom. The van der Waals surface area contributed by atoms with Gasteiger partial charge in [-0.25, -0.2) is 4.68 Å². The Kier molecular flexibility index (Phi) is 2.02. The molecule has 0 N–H and O–H groups in total. The van der Waals surface area contributed by atoms with E-state index in [0.717, 1.165) is 16.6 Å². The summed E-state index contributed by atoms with van der Waals surface area (Å²) in [5.41, 5.74) is 2.92. The predicted molar refractivity (Wildman–Crippen MR) is 60.2 cm³/mol. The molecule has 0 unspecified atom stereocenters. The normalized spacial score (nSPS) is 15.6. The van der Waals surface area contributed by atoms with Gasteiger partial charge in [0.05, 0.1) is 11.6 Å². The van der Waals surface area contributed by atoms with E-state index in [9.17, 15) is 4.79 Å². The van der Waals surface area contributed by atoms with E-state index >= 15 is 0 Å². The molecule has 0 radical (unpaired) electrons. The summed E-state index contributed by atoms with van der Waals surface area (Å²) in [7, 11) is 0. The number of carbonyl (C=O) groups excluding carboxylic acids is 1. The van der Waals surface area contributed by atoms with Gasteiger partial charge < -0.3 is 0 Å². The maximum absolute atomic E-state index is 11.2. The minimum atomic E-state index is 0.161. The molecule has 1 aromatic carbocycles. The van der Waals surface area contributed by atoms with Gasteiger partial charge in [0.2, 0.25) is 0 Å². The van der Waals surface area contributed by atoms with E-state index in [1.54, 1.807) is 6.92 Å². The fraction of sp³-hybridized carbons (Fsp3) is 0.417. The largest absolute Gasteiger partial charge is 0.300 e. The van der Waals surface area contributed by atoms with Crippen LogP contribution in [0, 0.1) is 0 Å². The van der Waals surface area contributed by atoms with E-state index < -0.39 is 0 Å². The van der Waals surface area contributed by atoms with E-state index in [-0.39, 0.29) is 5.78 Å². The van der Waals surface area contributed by atoms with E-state index in [1.165, 1.54) is 12.8 Å². The molecule has 3 rings (SSSR count). The molecule has 1 aromatic heterocycles. The van der Waals surface area contributed by atoms with Gasteiger partial charge in [-0.2, -0.15) is 0 Å². The summed E-state index contributed by atoms with van der Waals surface area (Å²) in [5.74, 6) is 0.161. The Labute approximate surface area is 93.3 Å². The number of hydrogen-bond acceptors (Lipinski definition) is 3. The highest BCUT2D eigenvalue weighted by Crippen LogP contribution is 2.36. The SMILES string of the molecule is CC(=O)Cc1cccc2c1nnn2C1CC1. The van der Waals surface area contributed by atoms with Gasteiger partial charge in [0, 0.05) is 6.42 Å². The summed E-state index contributed by atoms with van der Waals surface area (Å²) in [6.45, 7) is 1.60. The van der Waals surface area contributed by atoms with Crippen molar-refractivity contribution in [2.24, 2.45) is 0 Å². The molecular formula is C12H13N3O. The monoisotopic (exact) mass is 215 g/mol. The minimum Gasteiger partial charge on any atom is -0.300 e. The van der Waals surface area contributed by atoms with Crippen LogP contribution in [0.25, 0.3) is 11.0 Å². The van der Waals surface area contributed by atoms with Crippen LogP contribution in [0.15, 0.2) is 18.2 Å². The van der Waals surface area contributed by atoms with Gasteiger partial charge in [-0.1, -0.05) is 17.3 Å². The maximum atomic E-state index is 11.2. The van der Waals surface area contributed by atoms with Crippen LogP contribution in [0.5, 0.6) is 0 Å². The molecule has 1 heterocycles. The molecular weight excluding hydrogens is 202 g/mol. The minimum absolute atomic E-state index is 0.161. The summed E-state index contributed by atoms with van der Waals surface area (Å²) in [5, 5.41) is 8.37. The average molecular weight is 215 g/mol. The Morgan fingerprint density at radius 1 is 1.50 bits per heavy atom. The van der Waals surface area contributed by atoms with E-state index in [4.69, 9.17) is 0 Å². The number of ketones is 1. The van der Waals surface area contributed by atoms with Crippen LogP contribution >= 0.6 is 0 Å². The third kappa shape index (κ3) is 1.50. The number of hydrogen-bond donors (Lipinski definition) is 0. The first-order chi connectivity index (χ1) is 7.75. The molecule has 4 nitrogen and oxygen atoms in total. The summed E-state index contributed by atoms with van der Waals surface area (Å²) in [4.78, 5) is 11.2. The van der Waals surface area contributed by atoms with E-state index in [1.807, 2.05) is 22.9 Å². The molecule has 4 heteroatoms. The lowest BCUT2D eigenvalue weighted by molar-refractivity contribution is -0.116. The number of carbonyl (C=O) groups is 1. The number of fused-ring (bicyclic) bond motifs is 1. The number of benzene rings is 1. The van der Waals surface area contributed by atoms with Crippen molar-refractivity contribution < 1.29 is 4.79 Å². The maximum Gasteiger partial charge on any atom is 0.134 e. The summed E-state index contributed by atoms with van der Waals surface area (Å²) in [6.07, 6.45) is 2.82. The molecule has 82 valence electrons. The first-order valence-corrected chi connectivity index (χ1v) is 5.58. The summed E-state index contributed by atoms with van der Waals surface area (Å²) in [6, 6.07) is 6.48. The highest BCUT2D eigenvalue weighted by atomic mass is 16.1. The van der Waals surface area contributed by atoms with Gasteiger partial charge in [-0.05, 0) is 31.4 Å². The van der Waals surface area contributed by atoms with Crippen molar-refractivity contribution in [2.75, 3.05) is 0 Å². The zero-order valence-electron chi connectivity index (χ0n) is 9.18. The van der Waals surface area contributed by atoms with Crippen molar-refractivity contribution in [1.29, 1.82) is 0 Å². The van der Waals surface area contributed by atoms with Crippen molar-refractivity contribution in [3.8, 4) is 0 Å². The second-order valence-electron chi connectivity index (χ2n) is 4.43. The van der Waals surface area contributed by atoms with Crippen LogP contribution in [-0.4, -0.2) is 20.8 Å². The number of aromatic nitrogens is 3. The lowest BCUT2D eigenvalue weighted by Gasteiger charge is -2.00. The molecule has 0 spiro atoms. The Balaban J connectivity index is 2.12. The molecule has 1 aliphatic carbocycles. The second kappa shape index (κ2) is 3.40. The first kappa shape index (κ1) is 9.51. The number of rotatable bonds is 3. The topological polar surface area (TPSA) is 47.8 Å². The smallest absolute Gasteiger partial charge is 0.134 e. The van der Waals surface area contributed by atoms with Crippen molar-refractivity contribution in [2.45, 2.75) is 32.2 Å². The molecule has 0 aliphatic heterocycles. The standard InChI is InChI=1S/C12H13N3O/c1-8(16)7-9-3-2-4-11-12(9)13-14-15(11)10-5-6-10/h2-4,10H,5-7H2,1H3. The van der Waals surface area contributed by atoms with Crippen LogP contribution in [0.3, 0.4) is 0 Å². The lowest BCUT2D eigenvalue weighted by atomic mass is 10.1. The zero-order chi connectivity index (χ0) is 11.1. The summed E-state index contributed by atoms with van der Waals surface area (Å²) >= 11 is 0. The van der Waals surface area contributed by atoms with Crippen LogP contribution in [-0.2, 0) is 11.2 Å². The Hall–Kier alpha value is -1.71. The fourth-order valence-corrected chi connectivity index (χ4v) is 2.02. The molecule has 0 saturated heterocycles. The van der Waals surface area contributed by atoms with Crippen molar-refractivity contribution in [3.05, 3.63) is 23.8 Å². The Bertz CT molecular complexity index is 554. The van der Waals surface area contributed by atoms with Crippen LogP contribution in [0.4, 0.5) is 0 Å². The Morgan fingerprint density at radius 3 is 3.00 bits per heavy atom. The molecule has 1 aliphatic rings.